The summed E-state index contributed by atoms with van der Waals surface area (Å²) in [6.07, 6.45) is 4.57. The molecule has 0 unspecified atom stereocenters. The summed E-state index contributed by atoms with van der Waals surface area (Å²) in [4.78, 5) is 19.2. The molecule has 1 aromatic carbocycles. The minimum atomic E-state index is -3.90. The van der Waals surface area contributed by atoms with Crippen LogP contribution in [0, 0.1) is 11.7 Å². The van der Waals surface area contributed by atoms with E-state index in [1.165, 1.54) is 19.2 Å². The third-order valence-corrected chi connectivity index (χ3v) is 7.70. The van der Waals surface area contributed by atoms with Crippen molar-refractivity contribution < 1.29 is 27.4 Å². The van der Waals surface area contributed by atoms with Crippen LogP contribution in [-0.4, -0.2) is 72.5 Å². The number of benzene rings is 1. The first kappa shape index (κ1) is 25.8. The number of carbonyl (C=O) groups excluding carboxylic acids is 1. The van der Waals surface area contributed by atoms with E-state index in [1.54, 1.807) is 24.1 Å². The third-order valence-electron chi connectivity index (χ3n) is 5.86. The van der Waals surface area contributed by atoms with E-state index in [9.17, 15) is 22.7 Å². The third kappa shape index (κ3) is 5.45. The molecule has 0 radical (unpaired) electrons. The molecule has 1 amide bonds. The van der Waals surface area contributed by atoms with Gasteiger partial charge in [-0.1, -0.05) is 19.1 Å². The number of nitrogens with zero attached hydrogens (tertiary/aromatic N) is 3. The SMILES string of the molecule is C/C=C/c1cnc2c(c1)C(=O)N([C@@H](C)CO)C[C@H](C)[C@@H](CN(C)S(=O)(=O)c1ccc(F)cc1)O2. The largest absolute Gasteiger partial charge is 0.472 e. The zero-order valence-corrected chi connectivity index (χ0v) is 20.5. The van der Waals surface area contributed by atoms with Crippen LogP contribution in [-0.2, 0) is 10.0 Å². The predicted molar refractivity (Wildman–Crippen MR) is 126 cm³/mol. The van der Waals surface area contributed by atoms with Gasteiger partial charge >= 0.3 is 0 Å². The highest BCUT2D eigenvalue weighted by Crippen LogP contribution is 2.28. The zero-order chi connectivity index (χ0) is 25.0. The Balaban J connectivity index is 1.97. The van der Waals surface area contributed by atoms with Crippen LogP contribution >= 0.6 is 0 Å². The van der Waals surface area contributed by atoms with Gasteiger partial charge in [0.1, 0.15) is 17.5 Å². The van der Waals surface area contributed by atoms with Gasteiger partial charge in [-0.2, -0.15) is 4.31 Å². The van der Waals surface area contributed by atoms with E-state index in [0.29, 0.717) is 0 Å². The van der Waals surface area contributed by atoms with Crippen molar-refractivity contribution in [2.75, 3.05) is 26.7 Å². The van der Waals surface area contributed by atoms with Gasteiger partial charge in [-0.25, -0.2) is 17.8 Å². The van der Waals surface area contributed by atoms with Crippen molar-refractivity contribution >= 4 is 22.0 Å². The second-order valence-corrected chi connectivity index (χ2v) is 10.5. The number of sulfonamides is 1. The van der Waals surface area contributed by atoms with E-state index >= 15 is 0 Å². The Hall–Kier alpha value is -2.82. The topological polar surface area (TPSA) is 100 Å². The van der Waals surface area contributed by atoms with Gasteiger partial charge in [0.15, 0.2) is 0 Å². The van der Waals surface area contributed by atoms with Gasteiger partial charge in [0.25, 0.3) is 5.91 Å². The average Bonchev–Trinajstić information content (AvgIpc) is 2.81. The number of amides is 1. The minimum absolute atomic E-state index is 0.0197. The maximum atomic E-state index is 13.3. The van der Waals surface area contributed by atoms with Crippen molar-refractivity contribution in [1.29, 1.82) is 0 Å². The fourth-order valence-corrected chi connectivity index (χ4v) is 4.94. The molecule has 184 valence electrons. The fourth-order valence-electron chi connectivity index (χ4n) is 3.76. The summed E-state index contributed by atoms with van der Waals surface area (Å²) in [7, 11) is -2.47. The Morgan fingerprint density at radius 2 is 2.03 bits per heavy atom. The number of hydrogen-bond acceptors (Lipinski definition) is 6. The maximum absolute atomic E-state index is 13.3. The van der Waals surface area contributed by atoms with Crippen LogP contribution < -0.4 is 4.74 Å². The van der Waals surface area contributed by atoms with E-state index in [4.69, 9.17) is 4.74 Å². The first-order valence-corrected chi connectivity index (χ1v) is 12.5. The maximum Gasteiger partial charge on any atom is 0.259 e. The van der Waals surface area contributed by atoms with Crippen molar-refractivity contribution in [3.63, 3.8) is 0 Å². The molecule has 2 aromatic rings. The second kappa shape index (κ2) is 10.6. The Morgan fingerprint density at radius 1 is 1.35 bits per heavy atom. The standard InChI is InChI=1S/C24H30FN3O5S/c1-5-6-18-11-21-23(26-12-18)33-22(16(2)13-28(24(21)30)17(3)15-29)14-27(4)34(31,32)20-9-7-19(25)8-10-20/h5-12,16-17,22,29H,13-15H2,1-4H3/b6-5+/t16-,17-,22+/m0/s1. The van der Waals surface area contributed by atoms with Crippen molar-refractivity contribution in [3.05, 3.63) is 59.5 Å². The van der Waals surface area contributed by atoms with Crippen LogP contribution in [0.25, 0.3) is 6.08 Å². The van der Waals surface area contributed by atoms with Gasteiger partial charge in [0.05, 0.1) is 24.1 Å². The minimum Gasteiger partial charge on any atom is -0.472 e. The molecule has 1 aromatic heterocycles. The Morgan fingerprint density at radius 3 is 2.65 bits per heavy atom. The molecular formula is C24H30FN3O5S. The van der Waals surface area contributed by atoms with Crippen LogP contribution in [0.1, 0.15) is 36.7 Å². The summed E-state index contributed by atoms with van der Waals surface area (Å²) in [5.74, 6) is -1.01. The molecule has 34 heavy (non-hydrogen) atoms. The lowest BCUT2D eigenvalue weighted by Crippen LogP contribution is -2.50. The van der Waals surface area contributed by atoms with Crippen molar-refractivity contribution in [3.8, 4) is 5.88 Å². The van der Waals surface area contributed by atoms with Gasteiger partial charge in [-0.3, -0.25) is 4.79 Å². The quantitative estimate of drug-likeness (QED) is 0.639. The lowest BCUT2D eigenvalue weighted by atomic mass is 10.00. The molecule has 2 heterocycles. The number of aromatic nitrogens is 1. The molecular weight excluding hydrogens is 461 g/mol. The highest BCUT2D eigenvalue weighted by atomic mass is 32.2. The number of ether oxygens (including phenoxy) is 1. The van der Waals surface area contributed by atoms with Crippen LogP contribution in [0.15, 0.2) is 47.5 Å². The number of aliphatic hydroxyl groups is 1. The molecule has 1 aliphatic heterocycles. The summed E-state index contributed by atoms with van der Waals surface area (Å²) in [5, 5.41) is 9.74. The van der Waals surface area contributed by atoms with Crippen LogP contribution in [0.2, 0.25) is 0 Å². The number of hydrogen-bond donors (Lipinski definition) is 1. The summed E-state index contributed by atoms with van der Waals surface area (Å²) in [6.45, 7) is 5.46. The number of rotatable bonds is 7. The van der Waals surface area contributed by atoms with Crippen LogP contribution in [0.4, 0.5) is 4.39 Å². The molecule has 3 atom stereocenters. The van der Waals surface area contributed by atoms with E-state index in [-0.39, 0.29) is 47.9 Å². The van der Waals surface area contributed by atoms with E-state index in [1.807, 2.05) is 26.0 Å². The summed E-state index contributed by atoms with van der Waals surface area (Å²) >= 11 is 0. The van der Waals surface area contributed by atoms with Gasteiger partial charge in [-0.05, 0) is 49.7 Å². The molecule has 0 bridgehead atoms. The number of pyridine rings is 1. The highest BCUT2D eigenvalue weighted by Gasteiger charge is 2.35. The van der Waals surface area contributed by atoms with Crippen LogP contribution in [0.3, 0.4) is 0 Å². The average molecular weight is 492 g/mol. The lowest BCUT2D eigenvalue weighted by Gasteiger charge is -2.37. The van der Waals surface area contributed by atoms with Crippen molar-refractivity contribution in [1.82, 2.24) is 14.2 Å². The first-order valence-electron chi connectivity index (χ1n) is 11.0. The van der Waals surface area contributed by atoms with E-state index < -0.39 is 28.0 Å². The molecule has 1 N–H and O–H groups in total. The number of carbonyl (C=O) groups is 1. The van der Waals surface area contributed by atoms with Gasteiger partial charge in [0.2, 0.25) is 15.9 Å². The molecule has 0 fully saturated rings. The van der Waals surface area contributed by atoms with E-state index in [0.717, 1.165) is 22.0 Å². The molecule has 0 saturated carbocycles. The Labute approximate surface area is 199 Å². The molecule has 0 saturated heterocycles. The number of aliphatic hydroxyl groups excluding tert-OH is 1. The number of allylic oxidation sites excluding steroid dienone is 1. The van der Waals surface area contributed by atoms with Gasteiger partial charge < -0.3 is 14.7 Å². The van der Waals surface area contributed by atoms with Gasteiger partial charge in [0, 0.05) is 25.7 Å². The van der Waals surface area contributed by atoms with Crippen molar-refractivity contribution in [2.24, 2.45) is 5.92 Å². The lowest BCUT2D eigenvalue weighted by molar-refractivity contribution is 0.0373. The number of likely N-dealkylation sites (N-methyl/N-ethyl adjacent to an activating group) is 1. The molecule has 1 aliphatic rings. The number of fused-ring (bicyclic) bond motifs is 1. The predicted octanol–water partition coefficient (Wildman–Crippen LogP) is 2.79. The molecule has 3 rings (SSSR count). The first-order chi connectivity index (χ1) is 16.1. The van der Waals surface area contributed by atoms with E-state index in [2.05, 4.69) is 4.98 Å². The summed E-state index contributed by atoms with van der Waals surface area (Å²) in [6, 6.07) is 5.84. The Kier molecular flexibility index (Phi) is 8.06. The monoisotopic (exact) mass is 491 g/mol. The highest BCUT2D eigenvalue weighted by molar-refractivity contribution is 7.89. The fraction of sp³-hybridized carbons (Fsp3) is 0.417. The molecule has 10 heteroatoms. The van der Waals surface area contributed by atoms with Crippen LogP contribution in [0.5, 0.6) is 5.88 Å². The van der Waals surface area contributed by atoms with Crippen molar-refractivity contribution in [2.45, 2.75) is 37.8 Å². The molecule has 0 aliphatic carbocycles. The smallest absolute Gasteiger partial charge is 0.259 e. The zero-order valence-electron chi connectivity index (χ0n) is 19.7. The summed E-state index contributed by atoms with van der Waals surface area (Å²) < 4.78 is 46.6. The second-order valence-electron chi connectivity index (χ2n) is 8.48. The molecule has 8 nitrogen and oxygen atoms in total. The number of halogens is 1. The molecule has 0 spiro atoms. The van der Waals surface area contributed by atoms with Gasteiger partial charge in [-0.15, -0.1) is 0 Å². The Bertz CT molecular complexity index is 1150. The normalized spacial score (nSPS) is 20.1. The summed E-state index contributed by atoms with van der Waals surface area (Å²) in [5.41, 5.74) is 0.966.